The zero-order valence-corrected chi connectivity index (χ0v) is 11.1. The molecule has 0 bridgehead atoms. The second-order valence-electron chi connectivity index (χ2n) is 4.37. The number of hydrogen-bond acceptors (Lipinski definition) is 1. The number of aromatic nitrogens is 1. The summed E-state index contributed by atoms with van der Waals surface area (Å²) < 4.78 is 0. The molecule has 0 saturated carbocycles. The van der Waals surface area contributed by atoms with Crippen molar-refractivity contribution >= 4 is 11.6 Å². The van der Waals surface area contributed by atoms with Crippen molar-refractivity contribution in [3.8, 4) is 0 Å². The lowest BCUT2D eigenvalue weighted by atomic mass is 10.0. The molecule has 0 N–H and O–H groups in total. The van der Waals surface area contributed by atoms with Gasteiger partial charge in [-0.05, 0) is 61.4 Å². The van der Waals surface area contributed by atoms with Gasteiger partial charge in [0.2, 0.25) is 0 Å². The van der Waals surface area contributed by atoms with Crippen LogP contribution in [0.4, 0.5) is 0 Å². The van der Waals surface area contributed by atoms with E-state index in [1.807, 2.05) is 30.6 Å². The number of hydrogen-bond donors (Lipinski definition) is 0. The van der Waals surface area contributed by atoms with Crippen LogP contribution in [0.25, 0.3) is 0 Å². The molecule has 1 aromatic carbocycles. The first-order chi connectivity index (χ1) is 8.84. The van der Waals surface area contributed by atoms with Gasteiger partial charge in [0.1, 0.15) is 0 Å². The van der Waals surface area contributed by atoms with Crippen LogP contribution < -0.4 is 0 Å². The molecule has 1 aromatic heterocycles. The van der Waals surface area contributed by atoms with Crippen molar-refractivity contribution in [3.63, 3.8) is 0 Å². The van der Waals surface area contributed by atoms with E-state index in [1.54, 1.807) is 0 Å². The molecular formula is C16H17ClN. The van der Waals surface area contributed by atoms with Crippen LogP contribution >= 0.6 is 11.6 Å². The molecule has 2 heteroatoms. The molecule has 0 amide bonds. The van der Waals surface area contributed by atoms with Crippen LogP contribution in [-0.4, -0.2) is 4.98 Å². The van der Waals surface area contributed by atoms with Gasteiger partial charge in [-0.1, -0.05) is 29.8 Å². The Morgan fingerprint density at radius 3 is 2.61 bits per heavy atom. The molecule has 1 radical (unpaired) electrons. The quantitative estimate of drug-likeness (QED) is 0.695. The molecule has 0 unspecified atom stereocenters. The van der Waals surface area contributed by atoms with E-state index < -0.39 is 0 Å². The van der Waals surface area contributed by atoms with Crippen LogP contribution in [0.15, 0.2) is 48.8 Å². The van der Waals surface area contributed by atoms with E-state index in [0.29, 0.717) is 0 Å². The van der Waals surface area contributed by atoms with Gasteiger partial charge in [-0.15, -0.1) is 0 Å². The predicted octanol–water partition coefficient (Wildman–Crippen LogP) is 4.50. The molecular weight excluding hydrogens is 242 g/mol. The molecule has 0 fully saturated rings. The van der Waals surface area contributed by atoms with Gasteiger partial charge in [-0.3, -0.25) is 4.98 Å². The van der Waals surface area contributed by atoms with Gasteiger partial charge < -0.3 is 0 Å². The third kappa shape index (κ3) is 4.50. The molecule has 0 aliphatic rings. The Hall–Kier alpha value is -1.34. The second-order valence-corrected chi connectivity index (χ2v) is 4.81. The van der Waals surface area contributed by atoms with E-state index in [2.05, 4.69) is 29.6 Å². The maximum absolute atomic E-state index is 5.85. The van der Waals surface area contributed by atoms with E-state index in [1.165, 1.54) is 17.5 Å². The van der Waals surface area contributed by atoms with Gasteiger partial charge in [0.15, 0.2) is 0 Å². The predicted molar refractivity (Wildman–Crippen MR) is 76.6 cm³/mol. The zero-order valence-electron chi connectivity index (χ0n) is 10.3. The fraction of sp³-hybridized carbons (Fsp3) is 0.250. The van der Waals surface area contributed by atoms with Crippen LogP contribution in [0, 0.1) is 6.42 Å². The Labute approximate surface area is 114 Å². The number of benzene rings is 1. The zero-order chi connectivity index (χ0) is 12.6. The fourth-order valence-electron chi connectivity index (χ4n) is 1.89. The van der Waals surface area contributed by atoms with Crippen molar-refractivity contribution in [2.24, 2.45) is 0 Å². The minimum Gasteiger partial charge on any atom is -0.264 e. The Morgan fingerprint density at radius 2 is 1.89 bits per heavy atom. The molecule has 18 heavy (non-hydrogen) atoms. The highest BCUT2D eigenvalue weighted by molar-refractivity contribution is 6.30. The minimum atomic E-state index is 0.801. The third-order valence-electron chi connectivity index (χ3n) is 2.89. The summed E-state index contributed by atoms with van der Waals surface area (Å²) in [6.07, 6.45) is 10.5. The molecule has 0 saturated heterocycles. The largest absolute Gasteiger partial charge is 0.264 e. The number of pyridine rings is 1. The van der Waals surface area contributed by atoms with E-state index in [9.17, 15) is 0 Å². The van der Waals surface area contributed by atoms with E-state index in [0.717, 1.165) is 24.3 Å². The van der Waals surface area contributed by atoms with Crippen LogP contribution in [0.3, 0.4) is 0 Å². The van der Waals surface area contributed by atoms with Crippen LogP contribution in [0.2, 0.25) is 5.02 Å². The Morgan fingerprint density at radius 1 is 1.06 bits per heavy atom. The second kappa shape index (κ2) is 7.17. The summed E-state index contributed by atoms with van der Waals surface area (Å²) in [7, 11) is 0. The van der Waals surface area contributed by atoms with Gasteiger partial charge in [-0.2, -0.15) is 0 Å². The lowest BCUT2D eigenvalue weighted by molar-refractivity contribution is 0.785. The van der Waals surface area contributed by atoms with E-state index >= 15 is 0 Å². The highest BCUT2D eigenvalue weighted by Crippen LogP contribution is 2.12. The standard InChI is InChI=1S/C16H17ClN/c17-16-10-8-14(9-11-16)5-2-1-3-6-15-7-4-12-18-13-15/h2,4,7-13H,1,3,5-6H2. The van der Waals surface area contributed by atoms with E-state index in [-0.39, 0.29) is 0 Å². The molecule has 2 rings (SSSR count). The van der Waals surface area contributed by atoms with Crippen molar-refractivity contribution < 1.29 is 0 Å². The molecule has 1 nitrogen and oxygen atoms in total. The van der Waals surface area contributed by atoms with Gasteiger partial charge >= 0.3 is 0 Å². The number of halogens is 1. The first-order valence-electron chi connectivity index (χ1n) is 6.29. The van der Waals surface area contributed by atoms with Gasteiger partial charge in [0.25, 0.3) is 0 Å². The average molecular weight is 259 g/mol. The minimum absolute atomic E-state index is 0.801. The van der Waals surface area contributed by atoms with Crippen LogP contribution in [-0.2, 0) is 12.8 Å². The summed E-state index contributed by atoms with van der Waals surface area (Å²) in [6, 6.07) is 12.2. The van der Waals surface area contributed by atoms with Gasteiger partial charge in [0, 0.05) is 17.4 Å². The normalized spacial score (nSPS) is 10.5. The summed E-state index contributed by atoms with van der Waals surface area (Å²) in [4.78, 5) is 4.12. The molecule has 93 valence electrons. The average Bonchev–Trinajstić information content (AvgIpc) is 2.42. The topological polar surface area (TPSA) is 12.9 Å². The number of rotatable bonds is 6. The maximum Gasteiger partial charge on any atom is 0.0406 e. The summed E-state index contributed by atoms with van der Waals surface area (Å²) in [5, 5.41) is 0.801. The molecule has 0 aliphatic heterocycles. The Bertz CT molecular complexity index is 450. The van der Waals surface area contributed by atoms with Gasteiger partial charge in [0.05, 0.1) is 0 Å². The monoisotopic (exact) mass is 258 g/mol. The fourth-order valence-corrected chi connectivity index (χ4v) is 2.01. The first-order valence-corrected chi connectivity index (χ1v) is 6.67. The Kier molecular flexibility index (Phi) is 5.22. The van der Waals surface area contributed by atoms with Crippen LogP contribution in [0.1, 0.15) is 24.0 Å². The van der Waals surface area contributed by atoms with Crippen LogP contribution in [0.5, 0.6) is 0 Å². The molecule has 0 aliphatic carbocycles. The Balaban J connectivity index is 1.63. The van der Waals surface area contributed by atoms with Crippen molar-refractivity contribution in [1.29, 1.82) is 0 Å². The van der Waals surface area contributed by atoms with Crippen molar-refractivity contribution in [1.82, 2.24) is 4.98 Å². The van der Waals surface area contributed by atoms with Gasteiger partial charge in [-0.25, -0.2) is 0 Å². The maximum atomic E-state index is 5.85. The van der Waals surface area contributed by atoms with Crippen molar-refractivity contribution in [2.45, 2.75) is 25.7 Å². The summed E-state index contributed by atoms with van der Waals surface area (Å²) in [6.45, 7) is 0. The summed E-state index contributed by atoms with van der Waals surface area (Å²) in [5.41, 5.74) is 2.64. The van der Waals surface area contributed by atoms with Crippen molar-refractivity contribution in [3.05, 3.63) is 71.4 Å². The third-order valence-corrected chi connectivity index (χ3v) is 3.14. The SMILES string of the molecule is Clc1ccc(C[CH]CCCc2cccnc2)cc1. The van der Waals surface area contributed by atoms with E-state index in [4.69, 9.17) is 11.6 Å². The summed E-state index contributed by atoms with van der Waals surface area (Å²) in [5.74, 6) is 0. The van der Waals surface area contributed by atoms with Crippen molar-refractivity contribution in [2.75, 3.05) is 0 Å². The number of unbranched alkanes of at least 4 members (excludes halogenated alkanes) is 2. The highest BCUT2D eigenvalue weighted by Gasteiger charge is 1.96. The number of aryl methyl sites for hydroxylation is 1. The highest BCUT2D eigenvalue weighted by atomic mass is 35.5. The molecule has 0 spiro atoms. The summed E-state index contributed by atoms with van der Waals surface area (Å²) >= 11 is 5.85. The first kappa shape index (κ1) is 13.1. The lowest BCUT2D eigenvalue weighted by Gasteiger charge is -2.02. The molecule has 1 heterocycles. The smallest absolute Gasteiger partial charge is 0.0406 e. The molecule has 0 atom stereocenters. The lowest BCUT2D eigenvalue weighted by Crippen LogP contribution is -1.90. The molecule has 2 aromatic rings. The number of nitrogens with zero attached hydrogens (tertiary/aromatic N) is 1.